The molecule has 24 heavy (non-hydrogen) atoms. The summed E-state index contributed by atoms with van der Waals surface area (Å²) in [6.07, 6.45) is 0. The second-order valence-corrected chi connectivity index (χ2v) is 10.0. The molecule has 2 nitrogen and oxygen atoms in total. The predicted molar refractivity (Wildman–Crippen MR) is 121 cm³/mol. The summed E-state index contributed by atoms with van der Waals surface area (Å²) in [7, 11) is 0. The van der Waals surface area contributed by atoms with Crippen LogP contribution in [-0.4, -0.2) is 9.97 Å². The van der Waals surface area contributed by atoms with Crippen molar-refractivity contribution in [3.8, 4) is 0 Å². The molecule has 0 amide bonds. The number of benzene rings is 3. The first-order chi connectivity index (χ1) is 11.4. The summed E-state index contributed by atoms with van der Waals surface area (Å²) in [6, 6.07) is 8.37. The number of aromatic nitrogens is 2. The maximum absolute atomic E-state index is 4.72. The molecule has 0 aliphatic heterocycles. The molecule has 0 fully saturated rings. The van der Waals surface area contributed by atoms with Crippen LogP contribution in [0.4, 0.5) is 0 Å². The lowest BCUT2D eigenvalue weighted by molar-refractivity contribution is 1.22. The fourth-order valence-corrected chi connectivity index (χ4v) is 4.61. The van der Waals surface area contributed by atoms with E-state index in [2.05, 4.69) is 120 Å². The molecule has 0 radical (unpaired) electrons. The smallest absolute Gasteiger partial charge is 0.139 e. The molecule has 1 heterocycles. The molecule has 0 saturated carbocycles. The van der Waals surface area contributed by atoms with Crippen LogP contribution in [0.25, 0.3) is 32.6 Å². The van der Waals surface area contributed by atoms with Gasteiger partial charge in [0.15, 0.2) is 0 Å². The summed E-state index contributed by atoms with van der Waals surface area (Å²) in [5, 5.41) is 4.32. The van der Waals surface area contributed by atoms with Gasteiger partial charge in [-0.25, -0.2) is 9.97 Å². The number of hydrogen-bond acceptors (Lipinski definition) is 2. The van der Waals surface area contributed by atoms with E-state index in [0.717, 1.165) is 50.5 Å². The number of nitrogens with zero attached hydrogens (tertiary/aromatic N) is 2. The number of hydrogen-bond donors (Lipinski definition) is 0. The minimum absolute atomic E-state index is 0.686. The van der Waals surface area contributed by atoms with Gasteiger partial charge in [-0.2, -0.15) is 0 Å². The van der Waals surface area contributed by atoms with E-state index in [1.807, 2.05) is 0 Å². The topological polar surface area (TPSA) is 25.8 Å². The van der Waals surface area contributed by atoms with E-state index in [9.17, 15) is 0 Å². The van der Waals surface area contributed by atoms with Crippen LogP contribution in [0, 0.1) is 0 Å². The molecule has 4 rings (SSSR count). The van der Waals surface area contributed by atoms with Gasteiger partial charge in [-0.1, -0.05) is 0 Å². The first-order valence-electron chi connectivity index (χ1n) is 6.59. The Bertz CT molecular complexity index is 905. The van der Waals surface area contributed by atoms with Crippen molar-refractivity contribution in [3.63, 3.8) is 0 Å². The molecule has 0 spiro atoms. The quantitative estimate of drug-likeness (QED) is 0.172. The first-order valence-corrected chi connectivity index (χ1v) is 11.3. The van der Waals surface area contributed by atoms with Crippen LogP contribution in [0.1, 0.15) is 0 Å². The maximum atomic E-state index is 4.72. The third-order valence-corrected chi connectivity index (χ3v) is 9.06. The zero-order chi connectivity index (χ0) is 17.2. The van der Waals surface area contributed by atoms with Crippen molar-refractivity contribution in [1.82, 2.24) is 9.97 Å². The van der Waals surface area contributed by atoms with Crippen molar-refractivity contribution >= 4 is 128 Å². The Hall–Kier alpha value is 0.400. The summed E-state index contributed by atoms with van der Waals surface area (Å²) in [6.45, 7) is 0. The van der Waals surface area contributed by atoms with Gasteiger partial charge in [-0.3, -0.25) is 0 Å². The molecule has 120 valence electrons. The molecular formula is C16H4Br6N2. The Morgan fingerprint density at radius 2 is 0.750 bits per heavy atom. The van der Waals surface area contributed by atoms with Crippen LogP contribution < -0.4 is 0 Å². The normalized spacial score (nSPS) is 11.8. The second-order valence-electron chi connectivity index (χ2n) is 5.13. The van der Waals surface area contributed by atoms with E-state index in [-0.39, 0.29) is 0 Å². The number of halogens is 6. The molecule has 8 heteroatoms. The van der Waals surface area contributed by atoms with Crippen molar-refractivity contribution in [1.29, 1.82) is 0 Å². The highest BCUT2D eigenvalue weighted by molar-refractivity contribution is 9.13. The third-order valence-electron chi connectivity index (χ3n) is 3.74. The van der Waals surface area contributed by atoms with Crippen LogP contribution >= 0.6 is 95.6 Å². The second kappa shape index (κ2) is 6.53. The van der Waals surface area contributed by atoms with Crippen LogP contribution in [0.2, 0.25) is 0 Å². The minimum atomic E-state index is 0.686. The fourth-order valence-electron chi connectivity index (χ4n) is 2.70. The van der Waals surface area contributed by atoms with Crippen LogP contribution in [0.3, 0.4) is 0 Å². The van der Waals surface area contributed by atoms with Crippen molar-refractivity contribution in [3.05, 3.63) is 51.4 Å². The third kappa shape index (κ3) is 2.81. The molecule has 0 aliphatic rings. The Morgan fingerprint density at radius 1 is 0.458 bits per heavy atom. The SMILES string of the molecule is Brc1cc2c3cc(Br)c(Br)cc3c3nc(Br)c(Br)nc3c2cc1Br. The Balaban J connectivity index is 2.40. The van der Waals surface area contributed by atoms with Crippen molar-refractivity contribution in [2.75, 3.05) is 0 Å². The molecule has 0 aliphatic carbocycles. The molecule has 0 saturated heterocycles. The minimum Gasteiger partial charge on any atom is -0.236 e. The lowest BCUT2D eigenvalue weighted by Gasteiger charge is -2.12. The van der Waals surface area contributed by atoms with Crippen LogP contribution in [-0.2, 0) is 0 Å². The van der Waals surface area contributed by atoms with E-state index in [0.29, 0.717) is 9.21 Å². The molecule has 0 atom stereocenters. The average molecular weight is 704 g/mol. The van der Waals surface area contributed by atoms with Gasteiger partial charge in [0.1, 0.15) is 9.21 Å². The number of fused-ring (bicyclic) bond motifs is 6. The zero-order valence-corrected chi connectivity index (χ0v) is 21.0. The van der Waals surface area contributed by atoms with Gasteiger partial charge in [-0.05, 0) is 131 Å². The standard InChI is InChI=1S/C16H4Br6N2/c17-9-1-5-6-2-10(18)12(20)4-8(6)14-13(7(5)3-11(9)19)23-15(21)16(22)24-14/h1-4H. The summed E-state index contributed by atoms with van der Waals surface area (Å²) in [5.41, 5.74) is 1.71. The summed E-state index contributed by atoms with van der Waals surface area (Å²) in [4.78, 5) is 9.44. The first kappa shape index (κ1) is 17.8. The van der Waals surface area contributed by atoms with Gasteiger partial charge in [0.05, 0.1) is 11.0 Å². The van der Waals surface area contributed by atoms with Gasteiger partial charge in [-0.15, -0.1) is 0 Å². The monoisotopic (exact) mass is 698 g/mol. The van der Waals surface area contributed by atoms with E-state index in [4.69, 9.17) is 9.97 Å². The molecule has 3 aromatic carbocycles. The van der Waals surface area contributed by atoms with Crippen molar-refractivity contribution in [2.45, 2.75) is 0 Å². The largest absolute Gasteiger partial charge is 0.236 e. The summed E-state index contributed by atoms with van der Waals surface area (Å²) < 4.78 is 5.33. The average Bonchev–Trinajstić information content (AvgIpc) is 2.53. The summed E-state index contributed by atoms with van der Waals surface area (Å²) >= 11 is 21.3. The van der Waals surface area contributed by atoms with Gasteiger partial charge in [0.2, 0.25) is 0 Å². The molecular weight excluding hydrogens is 700 g/mol. The lowest BCUT2D eigenvalue weighted by atomic mass is 10.00. The van der Waals surface area contributed by atoms with Gasteiger partial charge >= 0.3 is 0 Å². The predicted octanol–water partition coefficient (Wildman–Crippen LogP) is 8.51. The number of rotatable bonds is 0. The van der Waals surface area contributed by atoms with Crippen molar-refractivity contribution in [2.24, 2.45) is 0 Å². The van der Waals surface area contributed by atoms with Gasteiger partial charge in [0, 0.05) is 28.7 Å². The molecule has 1 aromatic heterocycles. The Morgan fingerprint density at radius 3 is 1.08 bits per heavy atom. The molecule has 4 aromatic rings. The zero-order valence-electron chi connectivity index (χ0n) is 11.5. The highest BCUT2D eigenvalue weighted by atomic mass is 79.9. The van der Waals surface area contributed by atoms with Gasteiger partial charge in [0.25, 0.3) is 0 Å². The highest BCUT2D eigenvalue weighted by Crippen LogP contribution is 2.41. The maximum Gasteiger partial charge on any atom is 0.139 e. The lowest BCUT2D eigenvalue weighted by Crippen LogP contribution is -1.92. The van der Waals surface area contributed by atoms with E-state index >= 15 is 0 Å². The van der Waals surface area contributed by atoms with Gasteiger partial charge < -0.3 is 0 Å². The Labute approximate surface area is 187 Å². The van der Waals surface area contributed by atoms with E-state index in [1.54, 1.807) is 0 Å². The van der Waals surface area contributed by atoms with Crippen LogP contribution in [0.5, 0.6) is 0 Å². The van der Waals surface area contributed by atoms with Crippen LogP contribution in [0.15, 0.2) is 51.4 Å². The van der Waals surface area contributed by atoms with E-state index < -0.39 is 0 Å². The molecule has 0 N–H and O–H groups in total. The molecule has 0 bridgehead atoms. The highest BCUT2D eigenvalue weighted by Gasteiger charge is 2.16. The Kier molecular flexibility index (Phi) is 4.84. The fraction of sp³-hybridized carbons (Fsp3) is 0. The van der Waals surface area contributed by atoms with Crippen molar-refractivity contribution < 1.29 is 0 Å². The summed E-state index contributed by atoms with van der Waals surface area (Å²) in [5.74, 6) is 0. The van der Waals surface area contributed by atoms with E-state index in [1.165, 1.54) is 0 Å². The molecule has 0 unspecified atom stereocenters.